The summed E-state index contributed by atoms with van der Waals surface area (Å²) < 4.78 is 6.33. The van der Waals surface area contributed by atoms with E-state index in [4.69, 9.17) is 4.74 Å². The third-order valence-electron chi connectivity index (χ3n) is 5.51. The van der Waals surface area contributed by atoms with E-state index in [0.29, 0.717) is 18.7 Å². The van der Waals surface area contributed by atoms with Crippen LogP contribution in [0, 0.1) is 0 Å². The van der Waals surface area contributed by atoms with Crippen molar-refractivity contribution < 1.29 is 9.53 Å². The number of amides is 1. The highest BCUT2D eigenvalue weighted by Crippen LogP contribution is 2.46. The van der Waals surface area contributed by atoms with Gasteiger partial charge in [0, 0.05) is 36.8 Å². The molecule has 5 heterocycles. The number of thiophene rings is 1. The van der Waals surface area contributed by atoms with Gasteiger partial charge in [-0.1, -0.05) is 0 Å². The summed E-state index contributed by atoms with van der Waals surface area (Å²) in [5.74, 6) is 0.00588. The summed E-state index contributed by atoms with van der Waals surface area (Å²) in [5.41, 5.74) is 2.44. The van der Waals surface area contributed by atoms with Crippen LogP contribution in [0.1, 0.15) is 33.6 Å². The van der Waals surface area contributed by atoms with Crippen molar-refractivity contribution >= 4 is 17.2 Å². The topological polar surface area (TPSA) is 81.1 Å². The van der Waals surface area contributed by atoms with Gasteiger partial charge in [0.1, 0.15) is 0 Å². The number of carbonyl (C=O) groups is 1. The number of aromatic nitrogens is 4. The Kier molecular flexibility index (Phi) is 4.37. The lowest BCUT2D eigenvalue weighted by molar-refractivity contribution is -0.0926. The molecule has 1 amide bonds. The number of hydrogen-bond acceptors (Lipinski definition) is 7. The fourth-order valence-electron chi connectivity index (χ4n) is 4.05. The van der Waals surface area contributed by atoms with Crippen LogP contribution >= 0.6 is 11.3 Å². The lowest BCUT2D eigenvalue weighted by Crippen LogP contribution is -2.48. The predicted octanol–water partition coefficient (Wildman–Crippen LogP) is 2.70. The van der Waals surface area contributed by atoms with Gasteiger partial charge in [0.05, 0.1) is 46.9 Å². The molecule has 5 rings (SSSR count). The van der Waals surface area contributed by atoms with Crippen molar-refractivity contribution in [1.29, 1.82) is 0 Å². The first-order valence-corrected chi connectivity index (χ1v) is 10.2. The van der Waals surface area contributed by atoms with E-state index in [1.807, 2.05) is 4.90 Å². The SMILES string of the molecule is O=C(c1ccnnc1)N1CCC2(CC1)OCCc1sc(-c3cnccn3)cc12. The van der Waals surface area contributed by atoms with Crippen molar-refractivity contribution in [3.63, 3.8) is 0 Å². The minimum absolute atomic E-state index is 0.00588. The minimum atomic E-state index is -0.308. The Hall–Kier alpha value is -2.71. The minimum Gasteiger partial charge on any atom is -0.370 e. The average molecular weight is 393 g/mol. The Bertz CT molecular complexity index is 984. The summed E-state index contributed by atoms with van der Waals surface area (Å²) in [6, 6.07) is 3.93. The number of nitrogens with zero attached hydrogens (tertiary/aromatic N) is 5. The molecule has 0 N–H and O–H groups in total. The zero-order chi connectivity index (χ0) is 19.0. The summed E-state index contributed by atoms with van der Waals surface area (Å²) in [6.07, 6.45) is 10.8. The van der Waals surface area contributed by atoms with E-state index in [2.05, 4.69) is 26.2 Å². The van der Waals surface area contributed by atoms with E-state index in [1.165, 1.54) is 16.6 Å². The molecule has 0 radical (unpaired) electrons. The third-order valence-corrected chi connectivity index (χ3v) is 6.73. The van der Waals surface area contributed by atoms with E-state index in [-0.39, 0.29) is 11.5 Å². The fourth-order valence-corrected chi connectivity index (χ4v) is 5.25. The Morgan fingerprint density at radius 3 is 2.79 bits per heavy atom. The van der Waals surface area contributed by atoms with Gasteiger partial charge < -0.3 is 9.64 Å². The van der Waals surface area contributed by atoms with Gasteiger partial charge in [-0.25, -0.2) is 0 Å². The number of rotatable bonds is 2. The lowest BCUT2D eigenvalue weighted by Gasteiger charge is -2.44. The largest absolute Gasteiger partial charge is 0.370 e. The van der Waals surface area contributed by atoms with Gasteiger partial charge in [0.25, 0.3) is 5.91 Å². The molecule has 7 nitrogen and oxygen atoms in total. The number of hydrogen-bond donors (Lipinski definition) is 0. The van der Waals surface area contributed by atoms with Crippen LogP contribution in [0.2, 0.25) is 0 Å². The summed E-state index contributed by atoms with van der Waals surface area (Å²) in [4.78, 5) is 25.7. The van der Waals surface area contributed by atoms with Crippen LogP contribution in [0.5, 0.6) is 0 Å². The zero-order valence-corrected chi connectivity index (χ0v) is 16.1. The highest BCUT2D eigenvalue weighted by molar-refractivity contribution is 7.15. The van der Waals surface area contributed by atoms with E-state index >= 15 is 0 Å². The number of fused-ring (bicyclic) bond motifs is 2. The molecule has 0 aromatic carbocycles. The number of likely N-dealkylation sites (tertiary alicyclic amines) is 1. The maximum Gasteiger partial charge on any atom is 0.255 e. The van der Waals surface area contributed by atoms with E-state index < -0.39 is 0 Å². The van der Waals surface area contributed by atoms with E-state index in [1.54, 1.807) is 42.2 Å². The van der Waals surface area contributed by atoms with Crippen molar-refractivity contribution in [2.24, 2.45) is 0 Å². The molecule has 0 saturated carbocycles. The molecule has 2 aliphatic rings. The average Bonchev–Trinajstić information content (AvgIpc) is 3.21. The Morgan fingerprint density at radius 2 is 2.04 bits per heavy atom. The van der Waals surface area contributed by atoms with Crippen LogP contribution in [-0.2, 0) is 16.8 Å². The molecule has 3 aromatic rings. The molecule has 142 valence electrons. The molecular formula is C20H19N5O2S. The molecule has 0 bridgehead atoms. The van der Waals surface area contributed by atoms with Gasteiger partial charge in [-0.2, -0.15) is 10.2 Å². The van der Waals surface area contributed by atoms with Gasteiger partial charge in [-0.05, 0) is 30.5 Å². The number of piperidine rings is 1. The van der Waals surface area contributed by atoms with E-state index in [0.717, 1.165) is 36.4 Å². The molecule has 28 heavy (non-hydrogen) atoms. The monoisotopic (exact) mass is 393 g/mol. The molecule has 3 aromatic heterocycles. The van der Waals surface area contributed by atoms with Gasteiger partial charge in [-0.3, -0.25) is 14.8 Å². The zero-order valence-electron chi connectivity index (χ0n) is 15.2. The van der Waals surface area contributed by atoms with Crippen molar-refractivity contribution in [3.05, 3.63) is 59.1 Å². The fraction of sp³-hybridized carbons (Fsp3) is 0.350. The molecular weight excluding hydrogens is 374 g/mol. The molecule has 1 spiro atoms. The first-order chi connectivity index (χ1) is 13.8. The van der Waals surface area contributed by atoms with E-state index in [9.17, 15) is 4.79 Å². The van der Waals surface area contributed by atoms with Crippen molar-refractivity contribution in [2.75, 3.05) is 19.7 Å². The summed E-state index contributed by atoms with van der Waals surface area (Å²) in [6.45, 7) is 2.05. The number of ether oxygens (including phenoxy) is 1. The first-order valence-electron chi connectivity index (χ1n) is 9.35. The van der Waals surface area contributed by atoms with Crippen molar-refractivity contribution in [2.45, 2.75) is 24.9 Å². The van der Waals surface area contributed by atoms with Gasteiger partial charge in [0.15, 0.2) is 0 Å². The summed E-state index contributed by atoms with van der Waals surface area (Å²) in [7, 11) is 0. The maximum atomic E-state index is 12.7. The van der Waals surface area contributed by atoms with Crippen molar-refractivity contribution in [1.82, 2.24) is 25.1 Å². The second-order valence-electron chi connectivity index (χ2n) is 7.05. The first kappa shape index (κ1) is 17.4. The quantitative estimate of drug-likeness (QED) is 0.666. The van der Waals surface area contributed by atoms with Crippen LogP contribution in [0.3, 0.4) is 0 Å². The second-order valence-corrected chi connectivity index (χ2v) is 8.19. The van der Waals surface area contributed by atoms with Crippen LogP contribution in [0.15, 0.2) is 43.1 Å². The summed E-state index contributed by atoms with van der Waals surface area (Å²) in [5, 5.41) is 7.56. The van der Waals surface area contributed by atoms with Crippen LogP contribution in [-0.4, -0.2) is 50.7 Å². The molecule has 8 heteroatoms. The lowest BCUT2D eigenvalue weighted by atomic mass is 9.82. The normalized spacial score (nSPS) is 18.1. The highest BCUT2D eigenvalue weighted by atomic mass is 32.1. The Morgan fingerprint density at radius 1 is 1.14 bits per heavy atom. The van der Waals surface area contributed by atoms with Gasteiger partial charge in [-0.15, -0.1) is 11.3 Å². The predicted molar refractivity (Wildman–Crippen MR) is 104 cm³/mol. The smallest absolute Gasteiger partial charge is 0.255 e. The standard InChI is InChI=1S/C20H19N5O2S/c26-19(14-1-5-23-24-12-14)25-8-3-20(4-9-25)15-11-18(16-13-21-6-7-22-16)28-17(15)2-10-27-20/h1,5-7,11-13H,2-4,8-10H2. The Labute approximate surface area is 166 Å². The van der Waals surface area contributed by atoms with Crippen LogP contribution < -0.4 is 0 Å². The van der Waals surface area contributed by atoms with Crippen molar-refractivity contribution in [3.8, 4) is 10.6 Å². The third kappa shape index (κ3) is 2.98. The molecule has 1 fully saturated rings. The molecule has 1 saturated heterocycles. The number of carbonyl (C=O) groups excluding carboxylic acids is 1. The van der Waals surface area contributed by atoms with Crippen LogP contribution in [0.4, 0.5) is 0 Å². The Balaban J connectivity index is 1.38. The molecule has 0 atom stereocenters. The van der Waals surface area contributed by atoms with Gasteiger partial charge >= 0.3 is 0 Å². The second kappa shape index (κ2) is 7.03. The molecule has 0 aliphatic carbocycles. The van der Waals surface area contributed by atoms with Gasteiger partial charge in [0.2, 0.25) is 0 Å². The highest BCUT2D eigenvalue weighted by Gasteiger charge is 2.43. The summed E-state index contributed by atoms with van der Waals surface area (Å²) >= 11 is 1.78. The molecule has 0 unspecified atom stereocenters. The maximum absolute atomic E-state index is 12.7. The van der Waals surface area contributed by atoms with Crippen LogP contribution in [0.25, 0.3) is 10.6 Å². The molecule has 2 aliphatic heterocycles.